The average molecular weight is 428 g/mol. The van der Waals surface area contributed by atoms with Gasteiger partial charge in [0.05, 0.1) is 0 Å². The second-order valence-electron chi connectivity index (χ2n) is 8.54. The maximum absolute atomic E-state index is 10.5. The number of hydrogen-bond donors (Lipinski definition) is 1. The average Bonchev–Trinajstić information content (AvgIpc) is 3.15. The lowest BCUT2D eigenvalue weighted by Crippen LogP contribution is -2.48. The molecule has 0 saturated carbocycles. The molecular formula is C27H29N3O2. The number of aliphatic hydroxyl groups excluding tert-OH is 1. The van der Waals surface area contributed by atoms with Gasteiger partial charge in [-0.3, -0.25) is 9.80 Å². The molecule has 32 heavy (non-hydrogen) atoms. The Hall–Kier alpha value is -2.99. The summed E-state index contributed by atoms with van der Waals surface area (Å²) in [6, 6.07) is 27.1. The molecule has 1 atom stereocenters. The lowest BCUT2D eigenvalue weighted by Gasteiger charge is -2.35. The van der Waals surface area contributed by atoms with Crippen molar-refractivity contribution in [3.8, 4) is 11.1 Å². The van der Waals surface area contributed by atoms with E-state index in [-0.39, 0.29) is 6.61 Å². The molecule has 1 heterocycles. The fraction of sp³-hybridized carbons (Fsp3) is 0.296. The molecule has 0 amide bonds. The van der Waals surface area contributed by atoms with Gasteiger partial charge in [-0.15, -0.1) is 0 Å². The number of oxime groups is 1. The van der Waals surface area contributed by atoms with Gasteiger partial charge in [-0.1, -0.05) is 84.0 Å². The van der Waals surface area contributed by atoms with Crippen molar-refractivity contribution in [2.45, 2.75) is 12.6 Å². The molecule has 5 nitrogen and oxygen atoms in total. The Morgan fingerprint density at radius 3 is 1.88 bits per heavy atom. The van der Waals surface area contributed by atoms with E-state index in [2.05, 4.69) is 69.6 Å². The Bertz CT molecular complexity index is 1030. The van der Waals surface area contributed by atoms with Gasteiger partial charge in [0.2, 0.25) is 0 Å². The molecule has 0 unspecified atom stereocenters. The fourth-order valence-corrected chi connectivity index (χ4v) is 4.60. The van der Waals surface area contributed by atoms with Gasteiger partial charge in [0.15, 0.2) is 0 Å². The first kappa shape index (κ1) is 20.9. The number of nitrogens with zero attached hydrogens (tertiary/aromatic N) is 3. The van der Waals surface area contributed by atoms with E-state index < -0.39 is 6.10 Å². The maximum Gasteiger partial charge on any atom is 0.144 e. The lowest BCUT2D eigenvalue weighted by molar-refractivity contribution is 0.00847. The van der Waals surface area contributed by atoms with Crippen molar-refractivity contribution in [1.29, 1.82) is 0 Å². The molecule has 3 aromatic carbocycles. The van der Waals surface area contributed by atoms with Crippen LogP contribution in [0.1, 0.15) is 16.7 Å². The summed E-state index contributed by atoms with van der Waals surface area (Å²) < 4.78 is 0. The van der Waals surface area contributed by atoms with Crippen LogP contribution in [-0.4, -0.2) is 66.1 Å². The molecule has 1 N–H and O–H groups in total. The van der Waals surface area contributed by atoms with Gasteiger partial charge in [0.25, 0.3) is 0 Å². The zero-order valence-corrected chi connectivity index (χ0v) is 18.2. The normalized spacial score (nSPS) is 17.0. The Kier molecular flexibility index (Phi) is 6.30. The van der Waals surface area contributed by atoms with Crippen molar-refractivity contribution in [3.63, 3.8) is 0 Å². The molecule has 0 spiro atoms. The van der Waals surface area contributed by atoms with E-state index in [1.165, 1.54) is 16.7 Å². The molecule has 5 heteroatoms. The van der Waals surface area contributed by atoms with E-state index in [0.717, 1.165) is 49.6 Å². The molecule has 2 aliphatic rings. The monoisotopic (exact) mass is 427 g/mol. The quantitative estimate of drug-likeness (QED) is 0.458. The Balaban J connectivity index is 1.12. The molecule has 0 radical (unpaired) electrons. The van der Waals surface area contributed by atoms with E-state index in [9.17, 15) is 5.11 Å². The summed E-state index contributed by atoms with van der Waals surface area (Å²) in [5.41, 5.74) is 6.72. The molecule has 0 bridgehead atoms. The van der Waals surface area contributed by atoms with Crippen LogP contribution in [0.2, 0.25) is 0 Å². The second-order valence-corrected chi connectivity index (χ2v) is 8.54. The van der Waals surface area contributed by atoms with Gasteiger partial charge in [0, 0.05) is 50.4 Å². The zero-order chi connectivity index (χ0) is 21.8. The van der Waals surface area contributed by atoms with Crippen LogP contribution in [0.15, 0.2) is 84.0 Å². The van der Waals surface area contributed by atoms with Gasteiger partial charge >= 0.3 is 0 Å². The summed E-state index contributed by atoms with van der Waals surface area (Å²) in [5.74, 6) is 0. The van der Waals surface area contributed by atoms with Crippen LogP contribution in [0.3, 0.4) is 0 Å². The first-order chi connectivity index (χ1) is 15.8. The van der Waals surface area contributed by atoms with Gasteiger partial charge in [-0.25, -0.2) is 0 Å². The summed E-state index contributed by atoms with van der Waals surface area (Å²) in [7, 11) is 0. The third-order valence-electron chi connectivity index (χ3n) is 6.26. The molecule has 3 aromatic rings. The Labute approximate surface area is 189 Å². The standard InChI is InChI=1S/C27H29N3O2/c31-22(19-30-16-14-29(15-17-30)18-21-8-2-1-3-9-21)20-32-28-27-25-12-6-4-10-23(25)24-11-5-7-13-26(24)27/h1-13,22,31H,14-20H2/t22-/m0/s1. The summed E-state index contributed by atoms with van der Waals surface area (Å²) in [4.78, 5) is 10.4. The van der Waals surface area contributed by atoms with E-state index in [0.29, 0.717) is 6.54 Å². The maximum atomic E-state index is 10.5. The van der Waals surface area contributed by atoms with Crippen LogP contribution in [0.4, 0.5) is 0 Å². The van der Waals surface area contributed by atoms with Crippen LogP contribution in [0.5, 0.6) is 0 Å². The van der Waals surface area contributed by atoms with Gasteiger partial charge < -0.3 is 9.94 Å². The van der Waals surface area contributed by atoms with E-state index in [1.807, 2.05) is 24.3 Å². The van der Waals surface area contributed by atoms with Crippen molar-refractivity contribution < 1.29 is 9.94 Å². The number of aliphatic hydroxyl groups is 1. The number of fused-ring (bicyclic) bond motifs is 3. The minimum Gasteiger partial charge on any atom is -0.392 e. The van der Waals surface area contributed by atoms with Gasteiger partial charge in [-0.05, 0) is 16.7 Å². The highest BCUT2D eigenvalue weighted by Gasteiger charge is 2.25. The highest BCUT2D eigenvalue weighted by atomic mass is 16.6. The minimum atomic E-state index is -0.563. The Morgan fingerprint density at radius 2 is 1.25 bits per heavy atom. The molecule has 1 fully saturated rings. The zero-order valence-electron chi connectivity index (χ0n) is 18.2. The van der Waals surface area contributed by atoms with E-state index >= 15 is 0 Å². The predicted molar refractivity (Wildman–Crippen MR) is 128 cm³/mol. The summed E-state index contributed by atoms with van der Waals surface area (Å²) in [5, 5.41) is 14.9. The number of β-amino-alcohol motifs (C(OH)–C–C–N with tert-alkyl or cyclic N) is 1. The van der Waals surface area contributed by atoms with Crippen LogP contribution in [0, 0.1) is 0 Å². The van der Waals surface area contributed by atoms with Crippen molar-refractivity contribution in [1.82, 2.24) is 9.80 Å². The molecular weight excluding hydrogens is 398 g/mol. The van der Waals surface area contributed by atoms with Gasteiger partial charge in [-0.2, -0.15) is 0 Å². The number of piperazine rings is 1. The van der Waals surface area contributed by atoms with Crippen LogP contribution < -0.4 is 0 Å². The minimum absolute atomic E-state index is 0.193. The van der Waals surface area contributed by atoms with Crippen LogP contribution >= 0.6 is 0 Å². The number of rotatable bonds is 7. The first-order valence-corrected chi connectivity index (χ1v) is 11.3. The summed E-state index contributed by atoms with van der Waals surface area (Å²) in [6.45, 7) is 5.73. The third kappa shape index (κ3) is 4.60. The lowest BCUT2D eigenvalue weighted by atomic mass is 10.1. The predicted octanol–water partition coefficient (Wildman–Crippen LogP) is 3.61. The second kappa shape index (κ2) is 9.65. The molecule has 1 aliphatic heterocycles. The van der Waals surface area contributed by atoms with Crippen LogP contribution in [-0.2, 0) is 11.4 Å². The van der Waals surface area contributed by atoms with Crippen LogP contribution in [0.25, 0.3) is 11.1 Å². The summed E-state index contributed by atoms with van der Waals surface area (Å²) >= 11 is 0. The fourth-order valence-electron chi connectivity index (χ4n) is 4.60. The van der Waals surface area contributed by atoms with Crippen molar-refractivity contribution in [3.05, 3.63) is 95.6 Å². The SMILES string of the molecule is O[C@H](CON=C1c2ccccc2-c2ccccc21)CN1CCN(Cc2ccccc2)CC1. The first-order valence-electron chi connectivity index (χ1n) is 11.3. The largest absolute Gasteiger partial charge is 0.392 e. The molecule has 164 valence electrons. The number of benzene rings is 3. The Morgan fingerprint density at radius 1 is 0.719 bits per heavy atom. The summed E-state index contributed by atoms with van der Waals surface area (Å²) in [6.07, 6.45) is -0.563. The number of hydrogen-bond acceptors (Lipinski definition) is 5. The molecule has 1 saturated heterocycles. The molecule has 0 aromatic heterocycles. The van der Waals surface area contributed by atoms with Gasteiger partial charge in [0.1, 0.15) is 18.4 Å². The highest BCUT2D eigenvalue weighted by Crippen LogP contribution is 2.36. The van der Waals surface area contributed by atoms with E-state index in [1.54, 1.807) is 0 Å². The smallest absolute Gasteiger partial charge is 0.144 e. The topological polar surface area (TPSA) is 48.3 Å². The van der Waals surface area contributed by atoms with Crippen molar-refractivity contribution in [2.75, 3.05) is 39.3 Å². The van der Waals surface area contributed by atoms with E-state index in [4.69, 9.17) is 4.84 Å². The molecule has 5 rings (SSSR count). The van der Waals surface area contributed by atoms with Crippen molar-refractivity contribution in [2.24, 2.45) is 5.16 Å². The third-order valence-corrected chi connectivity index (χ3v) is 6.26. The molecule has 1 aliphatic carbocycles. The highest BCUT2D eigenvalue weighted by molar-refractivity contribution is 6.24. The van der Waals surface area contributed by atoms with Crippen molar-refractivity contribution >= 4 is 5.71 Å².